The van der Waals surface area contributed by atoms with E-state index in [0.29, 0.717) is 55.8 Å². The molecule has 0 aromatic heterocycles. The molecular formula is C39H48O10. The molecule has 0 radical (unpaired) electrons. The van der Waals surface area contributed by atoms with E-state index in [1.165, 1.54) is 0 Å². The third-order valence-electron chi connectivity index (χ3n) is 7.12. The minimum atomic E-state index is -0.475. The third kappa shape index (κ3) is 16.3. The van der Waals surface area contributed by atoms with Crippen molar-refractivity contribution in [1.29, 1.82) is 0 Å². The molecule has 0 bridgehead atoms. The molecule has 0 aliphatic carbocycles. The van der Waals surface area contributed by atoms with Crippen molar-refractivity contribution < 1.29 is 48.1 Å². The van der Waals surface area contributed by atoms with Crippen molar-refractivity contribution in [2.75, 3.05) is 33.0 Å². The van der Waals surface area contributed by atoms with Crippen molar-refractivity contribution in [3.63, 3.8) is 0 Å². The number of carbonyl (C=O) groups is 2. The number of carbonyl (C=O) groups excluding carboxylic acids is 2. The molecule has 10 heteroatoms. The van der Waals surface area contributed by atoms with Gasteiger partial charge < -0.3 is 23.8 Å². The van der Waals surface area contributed by atoms with Crippen LogP contribution in [0.2, 0.25) is 0 Å². The molecule has 0 heterocycles. The summed E-state index contributed by atoms with van der Waals surface area (Å²) in [6.45, 7) is 11.6. The van der Waals surface area contributed by atoms with Crippen LogP contribution in [-0.4, -0.2) is 45.0 Å². The van der Waals surface area contributed by atoms with Crippen molar-refractivity contribution in [2.45, 2.75) is 64.9 Å². The van der Waals surface area contributed by atoms with Gasteiger partial charge >= 0.3 is 11.9 Å². The summed E-state index contributed by atoms with van der Waals surface area (Å²) in [7, 11) is 0. The number of rotatable bonds is 26. The molecule has 10 nitrogen and oxygen atoms in total. The Morgan fingerprint density at radius 1 is 0.653 bits per heavy atom. The van der Waals surface area contributed by atoms with Gasteiger partial charge in [-0.1, -0.05) is 31.2 Å². The molecule has 3 aromatic rings. The van der Waals surface area contributed by atoms with Crippen LogP contribution >= 0.6 is 0 Å². The normalized spacial score (nSPS) is 10.6. The van der Waals surface area contributed by atoms with E-state index in [9.17, 15) is 9.59 Å². The topological polar surface area (TPSA) is 108 Å². The first kappa shape index (κ1) is 38.8. The number of ether oxygens (including phenoxy) is 4. The number of hydrogen-bond donors (Lipinski definition) is 0. The van der Waals surface area contributed by atoms with Crippen LogP contribution in [0.1, 0.15) is 72.9 Å². The van der Waals surface area contributed by atoms with E-state index in [1.54, 1.807) is 48.5 Å². The molecule has 0 fully saturated rings. The summed E-state index contributed by atoms with van der Waals surface area (Å²) in [5.74, 6) is 1.53. The molecule has 49 heavy (non-hydrogen) atoms. The van der Waals surface area contributed by atoms with Gasteiger partial charge in [0.2, 0.25) is 0 Å². The number of benzene rings is 3. The van der Waals surface area contributed by atoms with E-state index in [-0.39, 0.29) is 6.61 Å². The van der Waals surface area contributed by atoms with Crippen molar-refractivity contribution in [3.8, 4) is 23.0 Å². The van der Waals surface area contributed by atoms with Gasteiger partial charge in [0, 0.05) is 6.08 Å². The SMILES string of the molecule is C=CCOOCCCCCCOc1ccc(COOc2ccc(OC(=O)c3ccc(OCCCCCCOC(=O)C=C)cc3)cc2C)cc1. The smallest absolute Gasteiger partial charge is 0.343 e. The largest absolute Gasteiger partial charge is 0.494 e. The Balaban J connectivity index is 1.28. The van der Waals surface area contributed by atoms with Gasteiger partial charge in [0.25, 0.3) is 0 Å². The summed E-state index contributed by atoms with van der Waals surface area (Å²) in [6.07, 6.45) is 10.4. The zero-order chi connectivity index (χ0) is 34.9. The van der Waals surface area contributed by atoms with Crippen LogP contribution in [0.25, 0.3) is 0 Å². The van der Waals surface area contributed by atoms with Gasteiger partial charge in [-0.15, -0.1) is 6.58 Å². The summed E-state index contributed by atoms with van der Waals surface area (Å²) in [5, 5.41) is 0. The second-order valence-corrected chi connectivity index (χ2v) is 11.1. The molecule has 3 aromatic carbocycles. The average Bonchev–Trinajstić information content (AvgIpc) is 3.11. The lowest BCUT2D eigenvalue weighted by molar-refractivity contribution is -0.286. The van der Waals surface area contributed by atoms with Crippen molar-refractivity contribution in [3.05, 3.63) is 109 Å². The van der Waals surface area contributed by atoms with Crippen molar-refractivity contribution in [1.82, 2.24) is 0 Å². The molecule has 3 rings (SSSR count). The summed E-state index contributed by atoms with van der Waals surface area (Å²) in [4.78, 5) is 44.6. The molecule has 0 atom stereocenters. The van der Waals surface area contributed by atoms with Gasteiger partial charge in [-0.05, 0) is 118 Å². The fraction of sp³-hybridized carbons (Fsp3) is 0.385. The average molecular weight is 677 g/mol. The highest BCUT2D eigenvalue weighted by Gasteiger charge is 2.11. The maximum absolute atomic E-state index is 12.7. The van der Waals surface area contributed by atoms with Crippen LogP contribution in [0.15, 0.2) is 92.0 Å². The highest BCUT2D eigenvalue weighted by molar-refractivity contribution is 5.91. The Hall–Kier alpha value is -4.64. The highest BCUT2D eigenvalue weighted by Crippen LogP contribution is 2.25. The first-order valence-corrected chi connectivity index (χ1v) is 16.7. The minimum Gasteiger partial charge on any atom is -0.494 e. The lowest BCUT2D eigenvalue weighted by Crippen LogP contribution is -2.09. The van der Waals surface area contributed by atoms with Gasteiger partial charge in [-0.3, -0.25) is 0 Å². The summed E-state index contributed by atoms with van der Waals surface area (Å²) >= 11 is 0. The number of esters is 2. The number of aryl methyl sites for hydroxylation is 1. The van der Waals surface area contributed by atoms with Crippen LogP contribution in [0.3, 0.4) is 0 Å². The van der Waals surface area contributed by atoms with Gasteiger partial charge in [0.05, 0.1) is 32.0 Å². The van der Waals surface area contributed by atoms with E-state index >= 15 is 0 Å². The van der Waals surface area contributed by atoms with E-state index in [1.807, 2.05) is 31.2 Å². The Labute approximate surface area is 289 Å². The van der Waals surface area contributed by atoms with Gasteiger partial charge in [-0.2, -0.15) is 4.89 Å². The second-order valence-electron chi connectivity index (χ2n) is 11.1. The molecule has 0 saturated carbocycles. The predicted octanol–water partition coefficient (Wildman–Crippen LogP) is 8.47. The first-order chi connectivity index (χ1) is 24.0. The highest BCUT2D eigenvalue weighted by atomic mass is 17.2. The van der Waals surface area contributed by atoms with Crippen LogP contribution in [0, 0.1) is 6.92 Å². The Morgan fingerprint density at radius 3 is 1.86 bits per heavy atom. The molecule has 0 saturated heterocycles. The summed E-state index contributed by atoms with van der Waals surface area (Å²) in [5.41, 5.74) is 2.10. The maximum Gasteiger partial charge on any atom is 0.343 e. The van der Waals surface area contributed by atoms with Crippen molar-refractivity contribution in [2.24, 2.45) is 0 Å². The van der Waals surface area contributed by atoms with Crippen LogP contribution in [0.5, 0.6) is 23.0 Å². The zero-order valence-corrected chi connectivity index (χ0v) is 28.4. The van der Waals surface area contributed by atoms with Gasteiger partial charge in [-0.25, -0.2) is 19.4 Å². The zero-order valence-electron chi connectivity index (χ0n) is 28.4. The van der Waals surface area contributed by atoms with Crippen molar-refractivity contribution >= 4 is 11.9 Å². The molecule has 0 unspecified atom stereocenters. The summed E-state index contributed by atoms with van der Waals surface area (Å²) in [6, 6.07) is 19.6. The third-order valence-corrected chi connectivity index (χ3v) is 7.12. The lowest BCUT2D eigenvalue weighted by Gasteiger charge is -2.11. The molecule has 0 spiro atoms. The molecule has 0 amide bonds. The van der Waals surface area contributed by atoms with E-state index < -0.39 is 11.9 Å². The number of hydrogen-bond acceptors (Lipinski definition) is 10. The molecular weight excluding hydrogens is 628 g/mol. The molecule has 264 valence electrons. The van der Waals surface area contributed by atoms with Crippen LogP contribution < -0.4 is 19.1 Å². The standard InChI is InChI=1S/C39H48O10/c1-4-24-45-46-28-13-9-8-11-25-42-34-18-14-32(15-19-34)30-47-49-37-23-22-36(29-31(37)3)48-39(41)33-16-20-35(21-17-33)43-26-10-6-7-12-27-44-38(40)5-2/h4-5,14-23,29H,1-2,6-13,24-28,30H2,3H3. The van der Waals surface area contributed by atoms with Gasteiger partial charge in [0.1, 0.15) is 30.5 Å². The minimum absolute atomic E-state index is 0.254. The predicted molar refractivity (Wildman–Crippen MR) is 186 cm³/mol. The summed E-state index contributed by atoms with van der Waals surface area (Å²) < 4.78 is 22.1. The second kappa shape index (κ2) is 23.6. The Morgan fingerprint density at radius 2 is 1.24 bits per heavy atom. The lowest BCUT2D eigenvalue weighted by atomic mass is 10.2. The fourth-order valence-electron chi connectivity index (χ4n) is 4.42. The van der Waals surface area contributed by atoms with E-state index in [4.69, 9.17) is 38.5 Å². The molecule has 0 N–H and O–H groups in total. The van der Waals surface area contributed by atoms with Gasteiger partial charge in [0.15, 0.2) is 5.75 Å². The molecule has 0 aliphatic rings. The van der Waals surface area contributed by atoms with E-state index in [0.717, 1.165) is 74.3 Å². The van der Waals surface area contributed by atoms with Crippen LogP contribution in [-0.2, 0) is 30.8 Å². The van der Waals surface area contributed by atoms with Crippen LogP contribution in [0.4, 0.5) is 0 Å². The molecule has 0 aliphatic heterocycles. The Kier molecular flexibility index (Phi) is 18.7. The number of unbranched alkanes of at least 4 members (excludes halogenated alkanes) is 6. The Bertz CT molecular complexity index is 1400. The fourth-order valence-corrected chi connectivity index (χ4v) is 4.42. The maximum atomic E-state index is 12.7. The monoisotopic (exact) mass is 676 g/mol. The van der Waals surface area contributed by atoms with E-state index in [2.05, 4.69) is 13.2 Å². The first-order valence-electron chi connectivity index (χ1n) is 16.7. The quantitative estimate of drug-likeness (QED) is 0.0156.